The van der Waals surface area contributed by atoms with Crippen molar-refractivity contribution in [2.24, 2.45) is 0 Å². The maximum Gasteiger partial charge on any atom is 0.348 e. The van der Waals surface area contributed by atoms with Gasteiger partial charge in [-0.2, -0.15) is 8.42 Å². The molecule has 0 radical (unpaired) electrons. The van der Waals surface area contributed by atoms with Gasteiger partial charge in [0.05, 0.1) is 17.9 Å². The van der Waals surface area contributed by atoms with Gasteiger partial charge in [0.25, 0.3) is 0 Å². The number of rotatable bonds is 5. The maximum absolute atomic E-state index is 12.0. The minimum atomic E-state index is -3.89. The summed E-state index contributed by atoms with van der Waals surface area (Å²) in [5.74, 6) is -0.211. The molecule has 0 atom stereocenters. The summed E-state index contributed by atoms with van der Waals surface area (Å²) in [7, 11) is -2.59. The van der Waals surface area contributed by atoms with Crippen LogP contribution in [-0.2, 0) is 26.1 Å². The highest BCUT2D eigenvalue weighted by Gasteiger charge is 2.19. The molecule has 21 heavy (non-hydrogen) atoms. The first-order chi connectivity index (χ1) is 9.90. The summed E-state index contributed by atoms with van der Waals surface area (Å²) in [5, 5.41) is 0. The molecule has 2 aromatic rings. The summed E-state index contributed by atoms with van der Waals surface area (Å²) in [5.41, 5.74) is 0.700. The van der Waals surface area contributed by atoms with Crippen molar-refractivity contribution >= 4 is 39.0 Å². The molecule has 0 N–H and O–H groups in total. The zero-order valence-corrected chi connectivity index (χ0v) is 13.3. The zero-order chi connectivity index (χ0) is 15.5. The van der Waals surface area contributed by atoms with Gasteiger partial charge in [0.1, 0.15) is 5.75 Å². The normalized spacial score (nSPS) is 11.1. The van der Waals surface area contributed by atoms with Crippen LogP contribution in [0.1, 0.15) is 5.56 Å². The number of benzene rings is 1. The van der Waals surface area contributed by atoms with Crippen LogP contribution < -0.4 is 4.18 Å². The Morgan fingerprint density at radius 1 is 1.19 bits per heavy atom. The van der Waals surface area contributed by atoms with E-state index in [-0.39, 0.29) is 22.3 Å². The fourth-order valence-corrected chi connectivity index (χ4v) is 3.88. The first-order valence-corrected chi connectivity index (χ1v) is 8.36. The second-order valence-electron chi connectivity index (χ2n) is 3.99. The van der Waals surface area contributed by atoms with Gasteiger partial charge in [-0.25, -0.2) is 0 Å². The summed E-state index contributed by atoms with van der Waals surface area (Å²) in [6.07, 6.45) is 0.115. The van der Waals surface area contributed by atoms with E-state index in [1.54, 1.807) is 12.1 Å². The zero-order valence-electron chi connectivity index (χ0n) is 10.9. The van der Waals surface area contributed by atoms with E-state index in [0.717, 1.165) is 11.3 Å². The molecule has 1 heterocycles. The van der Waals surface area contributed by atoms with Crippen LogP contribution in [0.4, 0.5) is 0 Å². The largest absolute Gasteiger partial charge is 0.469 e. The SMILES string of the molecule is COC(=O)Cc1ccc(OS(=O)(=O)c2ccc(Cl)s2)cc1. The van der Waals surface area contributed by atoms with Crippen molar-refractivity contribution in [2.75, 3.05) is 7.11 Å². The minimum Gasteiger partial charge on any atom is -0.469 e. The van der Waals surface area contributed by atoms with E-state index in [0.29, 0.717) is 9.90 Å². The third-order valence-electron chi connectivity index (χ3n) is 2.50. The van der Waals surface area contributed by atoms with E-state index in [4.69, 9.17) is 15.8 Å². The van der Waals surface area contributed by atoms with Gasteiger partial charge in [-0.3, -0.25) is 4.79 Å². The molecule has 0 amide bonds. The quantitative estimate of drug-likeness (QED) is 0.615. The number of hydrogen-bond donors (Lipinski definition) is 0. The second kappa shape index (κ2) is 6.46. The van der Waals surface area contributed by atoms with Gasteiger partial charge in [-0.05, 0) is 29.8 Å². The number of carbonyl (C=O) groups excluding carboxylic acids is 1. The summed E-state index contributed by atoms with van der Waals surface area (Å²) >= 11 is 6.63. The Morgan fingerprint density at radius 3 is 2.38 bits per heavy atom. The van der Waals surface area contributed by atoms with E-state index in [1.807, 2.05) is 0 Å². The number of thiophene rings is 1. The molecule has 0 spiro atoms. The lowest BCUT2D eigenvalue weighted by atomic mass is 10.1. The third kappa shape index (κ3) is 4.20. The van der Waals surface area contributed by atoms with Gasteiger partial charge < -0.3 is 8.92 Å². The fraction of sp³-hybridized carbons (Fsp3) is 0.154. The van der Waals surface area contributed by atoms with Crippen molar-refractivity contribution in [1.82, 2.24) is 0 Å². The first kappa shape index (κ1) is 15.8. The van der Waals surface area contributed by atoms with Crippen molar-refractivity contribution in [3.63, 3.8) is 0 Å². The lowest BCUT2D eigenvalue weighted by molar-refractivity contribution is -0.139. The predicted molar refractivity (Wildman–Crippen MR) is 79.3 cm³/mol. The number of methoxy groups -OCH3 is 1. The predicted octanol–water partition coefficient (Wildman–Crippen LogP) is 2.88. The maximum atomic E-state index is 12.0. The number of ether oxygens (including phenoxy) is 1. The number of esters is 1. The lowest BCUT2D eigenvalue weighted by Gasteiger charge is -2.06. The Morgan fingerprint density at radius 2 is 1.86 bits per heavy atom. The van der Waals surface area contributed by atoms with Crippen LogP contribution in [0, 0.1) is 0 Å². The highest BCUT2D eigenvalue weighted by Crippen LogP contribution is 2.28. The van der Waals surface area contributed by atoms with Gasteiger partial charge in [-0.15, -0.1) is 11.3 Å². The molecule has 2 rings (SSSR count). The molecule has 5 nitrogen and oxygen atoms in total. The first-order valence-electron chi connectivity index (χ1n) is 5.76. The molecule has 0 aliphatic carbocycles. The Kier molecular flexibility index (Phi) is 4.87. The van der Waals surface area contributed by atoms with Crippen LogP contribution in [0.2, 0.25) is 4.34 Å². The van der Waals surface area contributed by atoms with Crippen LogP contribution in [0.25, 0.3) is 0 Å². The van der Waals surface area contributed by atoms with Crippen molar-refractivity contribution in [1.29, 1.82) is 0 Å². The van der Waals surface area contributed by atoms with E-state index >= 15 is 0 Å². The summed E-state index contributed by atoms with van der Waals surface area (Å²) in [6.45, 7) is 0. The molecular formula is C13H11ClO5S2. The van der Waals surface area contributed by atoms with Gasteiger partial charge in [0.2, 0.25) is 0 Å². The second-order valence-corrected chi connectivity index (χ2v) is 7.48. The van der Waals surface area contributed by atoms with Crippen molar-refractivity contribution in [2.45, 2.75) is 10.6 Å². The van der Waals surface area contributed by atoms with Crippen molar-refractivity contribution < 1.29 is 22.1 Å². The monoisotopic (exact) mass is 346 g/mol. The van der Waals surface area contributed by atoms with Crippen molar-refractivity contribution in [3.8, 4) is 5.75 Å². The van der Waals surface area contributed by atoms with Crippen LogP contribution in [0.3, 0.4) is 0 Å². The minimum absolute atomic E-state index is 0.0335. The van der Waals surface area contributed by atoms with Crippen LogP contribution >= 0.6 is 22.9 Å². The molecule has 0 bridgehead atoms. The number of halogens is 1. The summed E-state index contributed by atoms with van der Waals surface area (Å²) in [6, 6.07) is 9.03. The van der Waals surface area contributed by atoms with Crippen LogP contribution in [0.5, 0.6) is 5.75 Å². The molecule has 0 saturated heterocycles. The molecule has 0 saturated carbocycles. The fourth-order valence-electron chi connectivity index (χ4n) is 1.50. The molecule has 1 aromatic heterocycles. The van der Waals surface area contributed by atoms with Gasteiger partial charge in [0, 0.05) is 0 Å². The molecule has 0 unspecified atom stereocenters. The van der Waals surface area contributed by atoms with E-state index in [1.165, 1.54) is 31.4 Å². The molecular weight excluding hydrogens is 336 g/mol. The summed E-state index contributed by atoms with van der Waals surface area (Å²) < 4.78 is 33.9. The average molecular weight is 347 g/mol. The van der Waals surface area contributed by atoms with E-state index in [2.05, 4.69) is 4.74 Å². The van der Waals surface area contributed by atoms with Crippen molar-refractivity contribution in [3.05, 3.63) is 46.3 Å². The average Bonchev–Trinajstić information content (AvgIpc) is 2.88. The molecule has 0 aliphatic heterocycles. The Balaban J connectivity index is 2.11. The number of carbonyl (C=O) groups is 1. The standard InChI is InChI=1S/C13H11ClO5S2/c1-18-12(15)8-9-2-4-10(5-3-9)19-21(16,17)13-7-6-11(14)20-13/h2-7H,8H2,1H3. The smallest absolute Gasteiger partial charge is 0.348 e. The Labute approximate surface area is 131 Å². The molecule has 112 valence electrons. The van der Waals surface area contributed by atoms with Gasteiger partial charge in [0.15, 0.2) is 4.21 Å². The number of hydrogen-bond acceptors (Lipinski definition) is 6. The third-order valence-corrected chi connectivity index (χ3v) is 5.43. The van der Waals surface area contributed by atoms with E-state index in [9.17, 15) is 13.2 Å². The molecule has 8 heteroatoms. The Hall–Kier alpha value is -1.57. The molecule has 0 fully saturated rings. The highest BCUT2D eigenvalue weighted by molar-refractivity contribution is 7.89. The molecule has 0 aliphatic rings. The van der Waals surface area contributed by atoms with Gasteiger partial charge >= 0.3 is 16.1 Å². The highest BCUT2D eigenvalue weighted by atomic mass is 35.5. The van der Waals surface area contributed by atoms with E-state index < -0.39 is 10.1 Å². The molecule has 1 aromatic carbocycles. The van der Waals surface area contributed by atoms with Crippen LogP contribution in [0.15, 0.2) is 40.6 Å². The topological polar surface area (TPSA) is 69.7 Å². The summed E-state index contributed by atoms with van der Waals surface area (Å²) in [4.78, 5) is 11.1. The Bertz CT molecular complexity index is 734. The lowest BCUT2D eigenvalue weighted by Crippen LogP contribution is -2.08. The van der Waals surface area contributed by atoms with Crippen LogP contribution in [-0.4, -0.2) is 21.5 Å². The van der Waals surface area contributed by atoms with Gasteiger partial charge in [-0.1, -0.05) is 23.7 Å².